The molecule has 56 heavy (non-hydrogen) atoms. The Labute approximate surface area is 328 Å². The number of aromatic nitrogens is 4. The Balaban J connectivity index is 1.18. The number of rotatable bonds is 6. The lowest BCUT2D eigenvalue weighted by molar-refractivity contribution is 0.0780. The molecule has 2 aromatic heterocycles. The van der Waals surface area contributed by atoms with E-state index < -0.39 is 0 Å². The van der Waals surface area contributed by atoms with Gasteiger partial charge in [-0.3, -0.25) is 0 Å². The largest absolute Gasteiger partial charge is 0.308 e. The predicted octanol–water partition coefficient (Wildman–Crippen LogP) is 12.6. The van der Waals surface area contributed by atoms with Crippen molar-refractivity contribution in [2.45, 2.75) is 51.4 Å². The molecule has 0 radical (unpaired) electrons. The maximum absolute atomic E-state index is 9.48. The van der Waals surface area contributed by atoms with Crippen molar-refractivity contribution in [2.75, 3.05) is 0 Å². The van der Waals surface area contributed by atoms with E-state index in [0.717, 1.165) is 56.6 Å². The van der Waals surface area contributed by atoms with Crippen LogP contribution >= 0.6 is 0 Å². The average molecular weight is 726 g/mol. The van der Waals surface area contributed by atoms with E-state index >= 15 is 0 Å². The minimum Gasteiger partial charge on any atom is -0.308 e. The normalized spacial score (nSPS) is 20.6. The van der Waals surface area contributed by atoms with Gasteiger partial charge >= 0.3 is 0 Å². The van der Waals surface area contributed by atoms with Gasteiger partial charge in [0.1, 0.15) is 0 Å². The van der Waals surface area contributed by atoms with Crippen molar-refractivity contribution in [3.8, 4) is 57.0 Å². The quantitative estimate of drug-likeness (QED) is 0.171. The zero-order chi connectivity index (χ0) is 37.8. The van der Waals surface area contributed by atoms with Crippen LogP contribution in [0, 0.1) is 29.1 Å². The minimum atomic E-state index is 0.294. The van der Waals surface area contributed by atoms with Crippen LogP contribution < -0.4 is 0 Å². The molecule has 10 rings (SSSR count). The molecule has 8 aromatic rings. The van der Waals surface area contributed by atoms with Crippen molar-refractivity contribution < 1.29 is 0 Å². The monoisotopic (exact) mass is 725 g/mol. The summed E-state index contributed by atoms with van der Waals surface area (Å²) < 4.78 is 2.37. The van der Waals surface area contributed by atoms with E-state index in [0.29, 0.717) is 28.5 Å². The molecule has 5 heteroatoms. The molecule has 2 unspecified atom stereocenters. The van der Waals surface area contributed by atoms with Crippen LogP contribution in [0.5, 0.6) is 0 Å². The maximum atomic E-state index is 9.48. The summed E-state index contributed by atoms with van der Waals surface area (Å²) in [5.41, 5.74) is 10.8. The Kier molecular flexibility index (Phi) is 8.37. The van der Waals surface area contributed by atoms with Crippen LogP contribution in [-0.4, -0.2) is 19.5 Å². The van der Waals surface area contributed by atoms with Gasteiger partial charge in [-0.25, -0.2) is 15.0 Å². The van der Waals surface area contributed by atoms with Crippen LogP contribution in [-0.2, 0) is 5.41 Å². The third-order valence-corrected chi connectivity index (χ3v) is 12.4. The topological polar surface area (TPSA) is 67.4 Å². The molecule has 272 valence electrons. The van der Waals surface area contributed by atoms with Gasteiger partial charge in [-0.2, -0.15) is 5.26 Å². The average Bonchev–Trinajstić information content (AvgIpc) is 3.58. The first-order valence-electron chi connectivity index (χ1n) is 20.0. The Morgan fingerprint density at radius 1 is 0.571 bits per heavy atom. The van der Waals surface area contributed by atoms with Crippen LogP contribution in [0.1, 0.15) is 57.1 Å². The molecule has 0 spiro atoms. The summed E-state index contributed by atoms with van der Waals surface area (Å²) in [6, 6.07) is 53.2. The number of fused-ring (bicyclic) bond motifs is 5. The van der Waals surface area contributed by atoms with Gasteiger partial charge in [0.05, 0.1) is 22.7 Å². The highest BCUT2D eigenvalue weighted by Crippen LogP contribution is 2.54. The van der Waals surface area contributed by atoms with E-state index in [-0.39, 0.29) is 0 Å². The first kappa shape index (κ1) is 34.1. The fraction of sp³-hybridized carbons (Fsp3) is 0.216. The third-order valence-electron chi connectivity index (χ3n) is 12.4. The Bertz CT molecular complexity index is 2740. The van der Waals surface area contributed by atoms with E-state index in [4.69, 9.17) is 15.0 Å². The van der Waals surface area contributed by atoms with Gasteiger partial charge in [0.2, 0.25) is 0 Å². The van der Waals surface area contributed by atoms with Gasteiger partial charge in [-0.15, -0.1) is 0 Å². The molecule has 2 heterocycles. The van der Waals surface area contributed by atoms with Crippen LogP contribution in [0.2, 0.25) is 0 Å². The standard InChI is InChI=1S/C51H43N5/c1-33-27-36-28-34(2)30-51(29-33,31-36)40-25-23-37(24-26-40)42-15-10-18-45-46(42)43-16-9-17-44(47(43)56(45)41-13-7-4-8-14-41)50-54-48(38-11-5-3-6-12-38)53-49(55-50)39-21-19-35(32-52)20-22-39/h3-26,33-34,36H,27-31H2,1-2H3/t33-,34+,36?,51?. The molecule has 6 aromatic carbocycles. The molecule has 0 aliphatic heterocycles. The summed E-state index contributed by atoms with van der Waals surface area (Å²) in [5.74, 6) is 4.16. The van der Waals surface area contributed by atoms with Gasteiger partial charge in [0, 0.05) is 33.2 Å². The van der Waals surface area contributed by atoms with Crippen LogP contribution in [0.3, 0.4) is 0 Å². The molecule has 0 saturated heterocycles. The third kappa shape index (κ3) is 5.88. The smallest absolute Gasteiger partial charge is 0.166 e. The number of benzene rings is 6. The van der Waals surface area contributed by atoms with E-state index in [1.807, 2.05) is 54.6 Å². The number of hydrogen-bond donors (Lipinski definition) is 0. The van der Waals surface area contributed by atoms with Crippen LogP contribution in [0.4, 0.5) is 0 Å². The molecule has 0 amide bonds. The lowest BCUT2D eigenvalue weighted by Gasteiger charge is -2.50. The summed E-state index contributed by atoms with van der Waals surface area (Å²) in [7, 11) is 0. The van der Waals surface area contributed by atoms with Crippen molar-refractivity contribution in [1.29, 1.82) is 5.26 Å². The lowest BCUT2D eigenvalue weighted by Crippen LogP contribution is -2.42. The van der Waals surface area contributed by atoms with Gasteiger partial charge in [0.15, 0.2) is 17.5 Å². The second-order valence-electron chi connectivity index (χ2n) is 16.5. The fourth-order valence-electron chi connectivity index (χ4n) is 10.5. The molecular weight excluding hydrogens is 683 g/mol. The molecule has 4 atom stereocenters. The van der Waals surface area contributed by atoms with E-state index in [1.54, 1.807) is 0 Å². The van der Waals surface area contributed by atoms with Gasteiger partial charge in [-0.1, -0.05) is 111 Å². The Hall–Kier alpha value is -6.38. The summed E-state index contributed by atoms with van der Waals surface area (Å²) in [4.78, 5) is 15.3. The second kappa shape index (κ2) is 13.7. The minimum absolute atomic E-state index is 0.294. The van der Waals surface area contributed by atoms with Crippen molar-refractivity contribution in [3.05, 3.63) is 157 Å². The highest BCUT2D eigenvalue weighted by atomic mass is 15.0. The molecule has 5 nitrogen and oxygen atoms in total. The molecule has 2 fully saturated rings. The highest BCUT2D eigenvalue weighted by Gasteiger charge is 2.45. The summed E-state index contributed by atoms with van der Waals surface area (Å²) in [6.07, 6.45) is 6.70. The van der Waals surface area contributed by atoms with Crippen LogP contribution in [0.25, 0.3) is 72.8 Å². The van der Waals surface area contributed by atoms with Gasteiger partial charge in [-0.05, 0) is 120 Å². The number of hydrogen-bond acceptors (Lipinski definition) is 4. The molecule has 2 aliphatic rings. The summed E-state index contributed by atoms with van der Waals surface area (Å²) in [5, 5.41) is 11.8. The lowest BCUT2D eigenvalue weighted by atomic mass is 9.54. The molecule has 2 bridgehead atoms. The SMILES string of the molecule is C[C@@H]1CC2C[C@H](C)CC(c3ccc(-c4cccc5c4c4cccc(-c6nc(-c7ccccc7)nc(-c7ccc(C#N)cc7)n6)c4n5-c4ccccc4)cc3)(C2)C1. The zero-order valence-corrected chi connectivity index (χ0v) is 31.9. The Morgan fingerprint density at radius 3 is 1.84 bits per heavy atom. The maximum Gasteiger partial charge on any atom is 0.166 e. The van der Waals surface area contributed by atoms with E-state index in [9.17, 15) is 5.26 Å². The molecule has 2 saturated carbocycles. The second-order valence-corrected chi connectivity index (χ2v) is 16.5. The van der Waals surface area contributed by atoms with E-state index in [1.165, 1.54) is 54.2 Å². The van der Waals surface area contributed by atoms with Gasteiger partial charge in [0.25, 0.3) is 0 Å². The Morgan fingerprint density at radius 2 is 1.16 bits per heavy atom. The summed E-state index contributed by atoms with van der Waals surface area (Å²) >= 11 is 0. The van der Waals surface area contributed by atoms with Crippen LogP contribution in [0.15, 0.2) is 146 Å². The summed E-state index contributed by atoms with van der Waals surface area (Å²) in [6.45, 7) is 4.94. The molecular formula is C51H43N5. The molecule has 2 aliphatic carbocycles. The van der Waals surface area contributed by atoms with E-state index in [2.05, 4.69) is 115 Å². The van der Waals surface area contributed by atoms with Gasteiger partial charge < -0.3 is 4.57 Å². The first-order chi connectivity index (χ1) is 27.5. The van der Waals surface area contributed by atoms with Crippen molar-refractivity contribution >= 4 is 21.8 Å². The van der Waals surface area contributed by atoms with Crippen molar-refractivity contribution in [1.82, 2.24) is 19.5 Å². The fourth-order valence-corrected chi connectivity index (χ4v) is 10.5. The zero-order valence-electron chi connectivity index (χ0n) is 31.9. The number of nitrogens with zero attached hydrogens (tertiary/aromatic N) is 5. The molecule has 0 N–H and O–H groups in total. The highest BCUT2D eigenvalue weighted by molar-refractivity contribution is 6.18. The first-order valence-corrected chi connectivity index (χ1v) is 20.0. The van der Waals surface area contributed by atoms with Crippen molar-refractivity contribution in [2.24, 2.45) is 17.8 Å². The number of para-hydroxylation sites is 2. The van der Waals surface area contributed by atoms with Crippen molar-refractivity contribution in [3.63, 3.8) is 0 Å². The predicted molar refractivity (Wildman–Crippen MR) is 227 cm³/mol. The number of nitriles is 1.